The highest BCUT2D eigenvalue weighted by Gasteiger charge is 2.23. The largest absolute Gasteiger partial charge is 0.454 e. The van der Waals surface area contributed by atoms with Crippen LogP contribution < -0.4 is 14.8 Å². The van der Waals surface area contributed by atoms with Crippen molar-refractivity contribution >= 4 is 11.8 Å². The van der Waals surface area contributed by atoms with E-state index < -0.39 is 0 Å². The lowest BCUT2D eigenvalue weighted by atomic mass is 10.1. The lowest BCUT2D eigenvalue weighted by Crippen LogP contribution is -2.37. The number of carbonyl (C=O) groups is 2. The molecule has 1 N–H and O–H groups in total. The van der Waals surface area contributed by atoms with Gasteiger partial charge in [-0.25, -0.2) is 0 Å². The number of pyridine rings is 1. The van der Waals surface area contributed by atoms with Gasteiger partial charge in [0.15, 0.2) is 23.0 Å². The van der Waals surface area contributed by atoms with Gasteiger partial charge in [0.2, 0.25) is 6.79 Å². The van der Waals surface area contributed by atoms with Crippen molar-refractivity contribution in [2.24, 2.45) is 0 Å². The molecule has 1 unspecified atom stereocenters. The first-order chi connectivity index (χ1) is 15.5. The van der Waals surface area contributed by atoms with Crippen LogP contribution in [0.4, 0.5) is 0 Å². The van der Waals surface area contributed by atoms with E-state index in [2.05, 4.69) is 15.5 Å². The molecular formula is C23H24N4O5. The Morgan fingerprint density at radius 3 is 2.81 bits per heavy atom. The van der Waals surface area contributed by atoms with Crippen molar-refractivity contribution < 1.29 is 23.6 Å². The fourth-order valence-corrected chi connectivity index (χ4v) is 3.29. The molecule has 2 aromatic heterocycles. The first-order valence-electron chi connectivity index (χ1n) is 10.4. The molecule has 4 rings (SSSR count). The van der Waals surface area contributed by atoms with Gasteiger partial charge >= 0.3 is 0 Å². The van der Waals surface area contributed by atoms with Gasteiger partial charge in [0.25, 0.3) is 11.8 Å². The lowest BCUT2D eigenvalue weighted by Gasteiger charge is -2.27. The molecule has 0 fully saturated rings. The molecule has 9 nitrogen and oxygen atoms in total. The molecule has 0 spiro atoms. The van der Waals surface area contributed by atoms with Gasteiger partial charge in [0, 0.05) is 31.0 Å². The second kappa shape index (κ2) is 9.51. The molecular weight excluding hydrogens is 412 g/mol. The van der Waals surface area contributed by atoms with Gasteiger partial charge in [-0.3, -0.25) is 14.6 Å². The van der Waals surface area contributed by atoms with E-state index in [1.54, 1.807) is 35.4 Å². The third-order valence-corrected chi connectivity index (χ3v) is 5.30. The second-order valence-electron chi connectivity index (χ2n) is 7.48. The zero-order valence-corrected chi connectivity index (χ0v) is 17.9. The van der Waals surface area contributed by atoms with Crippen LogP contribution in [0.2, 0.25) is 0 Å². The topological polar surface area (TPSA) is 107 Å². The van der Waals surface area contributed by atoms with E-state index in [9.17, 15) is 9.59 Å². The molecule has 3 heterocycles. The number of hydrogen-bond acceptors (Lipinski definition) is 7. The van der Waals surface area contributed by atoms with Crippen LogP contribution in [0.3, 0.4) is 0 Å². The minimum atomic E-state index is -0.369. The van der Waals surface area contributed by atoms with E-state index in [-0.39, 0.29) is 36.9 Å². The summed E-state index contributed by atoms with van der Waals surface area (Å²) in [5, 5.41) is 6.68. The Hall–Kier alpha value is -3.88. The molecule has 3 aromatic rings. The molecule has 0 bridgehead atoms. The van der Waals surface area contributed by atoms with Crippen LogP contribution in [0.1, 0.15) is 52.4 Å². The third kappa shape index (κ3) is 4.72. The summed E-state index contributed by atoms with van der Waals surface area (Å²) in [6.07, 6.45) is 3.92. The highest BCUT2D eigenvalue weighted by Crippen LogP contribution is 2.32. The van der Waals surface area contributed by atoms with Crippen LogP contribution in [0, 0.1) is 0 Å². The molecule has 0 radical (unpaired) electrons. The maximum Gasteiger partial charge on any atom is 0.273 e. The predicted molar refractivity (Wildman–Crippen MR) is 114 cm³/mol. The Kier molecular flexibility index (Phi) is 6.34. The van der Waals surface area contributed by atoms with Crippen molar-refractivity contribution in [3.63, 3.8) is 0 Å². The smallest absolute Gasteiger partial charge is 0.273 e. The van der Waals surface area contributed by atoms with Crippen molar-refractivity contribution in [1.82, 2.24) is 20.4 Å². The zero-order chi connectivity index (χ0) is 22.5. The summed E-state index contributed by atoms with van der Waals surface area (Å²) >= 11 is 0. The number of ether oxygens (including phenoxy) is 2. The average molecular weight is 436 g/mol. The number of carbonyl (C=O) groups excluding carboxylic acids is 2. The molecule has 1 aliphatic rings. The van der Waals surface area contributed by atoms with E-state index in [1.165, 1.54) is 6.20 Å². The van der Waals surface area contributed by atoms with Crippen molar-refractivity contribution in [1.29, 1.82) is 0 Å². The second-order valence-corrected chi connectivity index (χ2v) is 7.48. The first kappa shape index (κ1) is 21.4. The highest BCUT2D eigenvalue weighted by atomic mass is 16.7. The maximum absolute atomic E-state index is 13.0. The van der Waals surface area contributed by atoms with Crippen LogP contribution in [0.15, 0.2) is 53.3 Å². The van der Waals surface area contributed by atoms with Gasteiger partial charge in [-0.2, -0.15) is 0 Å². The monoisotopic (exact) mass is 436 g/mol. The molecule has 9 heteroatoms. The van der Waals surface area contributed by atoms with Gasteiger partial charge in [0.05, 0.1) is 12.1 Å². The Balaban J connectivity index is 1.40. The summed E-state index contributed by atoms with van der Waals surface area (Å²) in [5.74, 6) is 1.25. The zero-order valence-electron chi connectivity index (χ0n) is 17.9. The number of nitrogens with one attached hydrogen (secondary N) is 1. The number of benzene rings is 1. The highest BCUT2D eigenvalue weighted by molar-refractivity contribution is 5.94. The van der Waals surface area contributed by atoms with E-state index in [4.69, 9.17) is 14.0 Å². The molecule has 0 saturated carbocycles. The molecule has 2 amide bonds. The normalized spacial score (nSPS) is 12.9. The van der Waals surface area contributed by atoms with E-state index in [0.717, 1.165) is 12.0 Å². The SMILES string of the molecule is CCC(C)N(Cc1cc(C(=O)NCc2ccc3c(c2)OCO3)no1)C(=O)c1cccnc1. The quantitative estimate of drug-likeness (QED) is 0.578. The molecule has 0 saturated heterocycles. The van der Waals surface area contributed by atoms with Gasteiger partial charge in [-0.05, 0) is 43.2 Å². The van der Waals surface area contributed by atoms with Crippen LogP contribution >= 0.6 is 0 Å². The average Bonchev–Trinajstić information content (AvgIpc) is 3.50. The molecule has 1 atom stereocenters. The van der Waals surface area contributed by atoms with Gasteiger partial charge in [0.1, 0.15) is 0 Å². The van der Waals surface area contributed by atoms with Crippen LogP contribution in [0.5, 0.6) is 11.5 Å². The first-order valence-corrected chi connectivity index (χ1v) is 10.4. The van der Waals surface area contributed by atoms with Crippen molar-refractivity contribution in [2.45, 2.75) is 39.4 Å². The van der Waals surface area contributed by atoms with Crippen LogP contribution in [0.25, 0.3) is 0 Å². The Morgan fingerprint density at radius 2 is 2.03 bits per heavy atom. The lowest BCUT2D eigenvalue weighted by molar-refractivity contribution is 0.0650. The molecule has 32 heavy (non-hydrogen) atoms. The fourth-order valence-electron chi connectivity index (χ4n) is 3.29. The number of amides is 2. The minimum absolute atomic E-state index is 0.0314. The van der Waals surface area contributed by atoms with Crippen LogP contribution in [-0.2, 0) is 13.1 Å². The summed E-state index contributed by atoms with van der Waals surface area (Å²) in [5.41, 5.74) is 1.52. The summed E-state index contributed by atoms with van der Waals surface area (Å²) in [6.45, 7) is 4.67. The van der Waals surface area contributed by atoms with Gasteiger partial charge < -0.3 is 24.2 Å². The van der Waals surface area contributed by atoms with Crippen molar-refractivity contribution in [3.05, 3.63) is 71.4 Å². The third-order valence-electron chi connectivity index (χ3n) is 5.30. The number of nitrogens with zero attached hydrogens (tertiary/aromatic N) is 3. The molecule has 0 aliphatic carbocycles. The summed E-state index contributed by atoms with van der Waals surface area (Å²) in [6, 6.07) is 10.5. The molecule has 1 aromatic carbocycles. The van der Waals surface area contributed by atoms with Crippen molar-refractivity contribution in [3.8, 4) is 11.5 Å². The van der Waals surface area contributed by atoms with E-state index in [0.29, 0.717) is 29.4 Å². The number of aromatic nitrogens is 2. The Bertz CT molecular complexity index is 1100. The Morgan fingerprint density at radius 1 is 1.19 bits per heavy atom. The maximum atomic E-state index is 13.0. The summed E-state index contributed by atoms with van der Waals surface area (Å²) in [4.78, 5) is 31.2. The van der Waals surface area contributed by atoms with Crippen LogP contribution in [-0.4, -0.2) is 39.7 Å². The van der Waals surface area contributed by atoms with Gasteiger partial charge in [-0.15, -0.1) is 0 Å². The number of rotatable bonds is 8. The van der Waals surface area contributed by atoms with Crippen molar-refractivity contribution in [2.75, 3.05) is 6.79 Å². The number of fused-ring (bicyclic) bond motifs is 1. The fraction of sp³-hybridized carbons (Fsp3) is 0.304. The number of hydrogen-bond donors (Lipinski definition) is 1. The summed E-state index contributed by atoms with van der Waals surface area (Å²) < 4.78 is 16.0. The van der Waals surface area contributed by atoms with E-state index >= 15 is 0 Å². The minimum Gasteiger partial charge on any atom is -0.454 e. The predicted octanol–water partition coefficient (Wildman–Crippen LogP) is 3.17. The molecule has 1 aliphatic heterocycles. The summed E-state index contributed by atoms with van der Waals surface area (Å²) in [7, 11) is 0. The van der Waals surface area contributed by atoms with Gasteiger partial charge in [-0.1, -0.05) is 18.1 Å². The van der Waals surface area contributed by atoms with E-state index in [1.807, 2.05) is 26.0 Å². The standard InChI is InChI=1S/C23H24N4O5/c1-3-15(2)27(23(29)17-5-4-8-24-12-17)13-18-10-19(26-32-18)22(28)25-11-16-6-7-20-21(9-16)31-14-30-20/h4-10,12,15H,3,11,13-14H2,1-2H3,(H,25,28). The molecule has 166 valence electrons. The Labute approximate surface area is 185 Å².